The largest absolute Gasteiger partial charge is 0.414 e. The zero-order chi connectivity index (χ0) is 27.4. The first kappa shape index (κ1) is 27.1. The molecule has 1 saturated heterocycles. The fraction of sp³-hybridized carbons (Fsp3) is 0.655. The summed E-state index contributed by atoms with van der Waals surface area (Å²) in [6, 6.07) is 4.17. The maximum atomic E-state index is 13.5. The summed E-state index contributed by atoms with van der Waals surface area (Å²) in [4.78, 5) is 46.6. The molecule has 206 valence electrons. The van der Waals surface area contributed by atoms with Crippen LogP contribution in [0.1, 0.15) is 91.8 Å². The average molecular weight is 539 g/mol. The van der Waals surface area contributed by atoms with Crippen LogP contribution in [-0.4, -0.2) is 77.5 Å². The van der Waals surface area contributed by atoms with Gasteiger partial charge in [-0.15, -0.1) is 0 Å². The summed E-state index contributed by atoms with van der Waals surface area (Å²) in [7, 11) is 0.0132. The van der Waals surface area contributed by atoms with Crippen molar-refractivity contribution in [1.29, 1.82) is 0 Å². The molecular formula is C29H42N4O4Si. The Labute approximate surface area is 226 Å². The molecule has 3 aliphatic rings. The maximum absolute atomic E-state index is 13.5. The standard InChI is InChI=1S/C29H42N4O4Si/c1-29(2,3)38(5,6)37-23-11-9-22(10-12-23)33-14-13-32(17-25(33)35)28(36)27-30-26-21(18-34)15-20(19-7-8-19)16-24(26)31(27)4/h15-16,18-19,22-23H,7-14,17H2,1-6H3/t22-,23-. The number of hydrogen-bond donors (Lipinski definition) is 0. The number of aryl methyl sites for hydroxylation is 1. The number of piperazine rings is 1. The van der Waals surface area contributed by atoms with E-state index in [2.05, 4.69) is 44.9 Å². The molecule has 2 amide bonds. The van der Waals surface area contributed by atoms with Crippen LogP contribution in [0, 0.1) is 0 Å². The van der Waals surface area contributed by atoms with Gasteiger partial charge in [-0.3, -0.25) is 14.4 Å². The van der Waals surface area contributed by atoms with Crippen LogP contribution in [-0.2, 0) is 16.3 Å². The van der Waals surface area contributed by atoms with E-state index < -0.39 is 8.32 Å². The quantitative estimate of drug-likeness (QED) is 0.387. The molecule has 2 saturated carbocycles. The van der Waals surface area contributed by atoms with Crippen LogP contribution in [0.4, 0.5) is 0 Å². The molecule has 1 aliphatic heterocycles. The molecule has 0 unspecified atom stereocenters. The fourth-order valence-electron chi connectivity index (χ4n) is 5.73. The molecule has 8 nitrogen and oxygen atoms in total. The molecule has 0 bridgehead atoms. The summed E-state index contributed by atoms with van der Waals surface area (Å²) in [6.07, 6.45) is 7.21. The second-order valence-electron chi connectivity index (χ2n) is 13.0. The number of aromatic nitrogens is 2. The summed E-state index contributed by atoms with van der Waals surface area (Å²) in [5, 5.41) is 0.191. The highest BCUT2D eigenvalue weighted by molar-refractivity contribution is 6.74. The van der Waals surface area contributed by atoms with E-state index in [1.54, 1.807) is 9.47 Å². The van der Waals surface area contributed by atoms with Crippen molar-refractivity contribution in [2.75, 3.05) is 19.6 Å². The summed E-state index contributed by atoms with van der Waals surface area (Å²) in [5.74, 6) is 0.516. The van der Waals surface area contributed by atoms with E-state index in [1.807, 2.05) is 18.0 Å². The van der Waals surface area contributed by atoms with Gasteiger partial charge in [-0.2, -0.15) is 0 Å². The summed E-state index contributed by atoms with van der Waals surface area (Å²) < 4.78 is 8.41. The van der Waals surface area contributed by atoms with E-state index in [1.165, 1.54) is 0 Å². The Balaban J connectivity index is 1.22. The number of carbonyl (C=O) groups is 3. The van der Waals surface area contributed by atoms with Gasteiger partial charge in [0.2, 0.25) is 5.91 Å². The number of aldehydes is 1. The lowest BCUT2D eigenvalue weighted by molar-refractivity contribution is -0.138. The molecule has 38 heavy (non-hydrogen) atoms. The molecule has 1 aromatic carbocycles. The topological polar surface area (TPSA) is 84.7 Å². The predicted octanol–water partition coefficient (Wildman–Crippen LogP) is 4.88. The van der Waals surface area contributed by atoms with Gasteiger partial charge in [0.25, 0.3) is 5.91 Å². The normalized spacial score (nSPS) is 23.3. The average Bonchev–Trinajstić information content (AvgIpc) is 3.66. The van der Waals surface area contributed by atoms with Crippen molar-refractivity contribution < 1.29 is 18.8 Å². The minimum atomic E-state index is -1.80. The molecule has 0 atom stereocenters. The molecule has 9 heteroatoms. The number of benzene rings is 1. The molecule has 1 aromatic heterocycles. The van der Waals surface area contributed by atoms with E-state index in [4.69, 9.17) is 4.43 Å². The van der Waals surface area contributed by atoms with Crippen molar-refractivity contribution in [3.63, 3.8) is 0 Å². The molecule has 5 rings (SSSR count). The van der Waals surface area contributed by atoms with Gasteiger partial charge >= 0.3 is 0 Å². The Hall–Kier alpha value is -2.52. The number of imidazole rings is 1. The van der Waals surface area contributed by atoms with Gasteiger partial charge in [0.1, 0.15) is 6.54 Å². The Morgan fingerprint density at radius 3 is 2.34 bits per heavy atom. The highest BCUT2D eigenvalue weighted by atomic mass is 28.4. The minimum absolute atomic E-state index is 0.00160. The lowest BCUT2D eigenvalue weighted by atomic mass is 9.91. The van der Waals surface area contributed by atoms with E-state index in [0.29, 0.717) is 30.1 Å². The van der Waals surface area contributed by atoms with Crippen molar-refractivity contribution in [3.8, 4) is 0 Å². The van der Waals surface area contributed by atoms with Gasteiger partial charge < -0.3 is 18.8 Å². The van der Waals surface area contributed by atoms with Gasteiger partial charge in [0.05, 0.1) is 11.0 Å². The lowest BCUT2D eigenvalue weighted by Crippen LogP contribution is -2.56. The molecule has 3 fully saturated rings. The lowest BCUT2D eigenvalue weighted by Gasteiger charge is -2.44. The Morgan fingerprint density at radius 2 is 1.76 bits per heavy atom. The molecular weight excluding hydrogens is 496 g/mol. The van der Waals surface area contributed by atoms with Crippen LogP contribution in [0.15, 0.2) is 12.1 Å². The van der Waals surface area contributed by atoms with Crippen LogP contribution in [0.25, 0.3) is 11.0 Å². The van der Waals surface area contributed by atoms with E-state index >= 15 is 0 Å². The van der Waals surface area contributed by atoms with Gasteiger partial charge in [0, 0.05) is 37.8 Å². The van der Waals surface area contributed by atoms with Crippen molar-refractivity contribution in [2.24, 2.45) is 7.05 Å². The van der Waals surface area contributed by atoms with Gasteiger partial charge in [0.15, 0.2) is 20.4 Å². The van der Waals surface area contributed by atoms with Crippen LogP contribution in [0.5, 0.6) is 0 Å². The molecule has 0 radical (unpaired) electrons. The SMILES string of the molecule is Cn1c(C(=O)N2CCN([C@H]3CC[C@H](O[Si](C)(C)C(C)(C)C)CC3)C(=O)C2)nc2c(C=O)cc(C3CC3)cc21. The number of rotatable bonds is 6. The second kappa shape index (κ2) is 9.90. The van der Waals surface area contributed by atoms with Gasteiger partial charge in [-0.05, 0) is 80.3 Å². The minimum Gasteiger partial charge on any atom is -0.414 e. The number of fused-ring (bicyclic) bond motifs is 1. The highest BCUT2D eigenvalue weighted by Gasteiger charge is 2.41. The van der Waals surface area contributed by atoms with Gasteiger partial charge in [-0.1, -0.05) is 20.8 Å². The Bertz CT molecular complexity index is 1250. The van der Waals surface area contributed by atoms with E-state index in [0.717, 1.165) is 55.9 Å². The van der Waals surface area contributed by atoms with E-state index in [-0.39, 0.29) is 41.4 Å². The Kier molecular flexibility index (Phi) is 7.05. The molecule has 2 aliphatic carbocycles. The molecule has 0 spiro atoms. The monoisotopic (exact) mass is 538 g/mol. The molecule has 2 heterocycles. The number of hydrogen-bond acceptors (Lipinski definition) is 5. The number of carbonyl (C=O) groups excluding carboxylic acids is 3. The van der Waals surface area contributed by atoms with Crippen molar-refractivity contribution in [3.05, 3.63) is 29.1 Å². The third-order valence-corrected chi connectivity index (χ3v) is 13.8. The van der Waals surface area contributed by atoms with Crippen LogP contribution in [0.3, 0.4) is 0 Å². The highest BCUT2D eigenvalue weighted by Crippen LogP contribution is 2.42. The first-order valence-electron chi connectivity index (χ1n) is 14.1. The van der Waals surface area contributed by atoms with Crippen molar-refractivity contribution in [1.82, 2.24) is 19.4 Å². The first-order chi connectivity index (χ1) is 17.9. The zero-order valence-corrected chi connectivity index (χ0v) is 24.7. The molecule has 0 N–H and O–H groups in total. The van der Waals surface area contributed by atoms with Gasteiger partial charge in [-0.25, -0.2) is 4.98 Å². The first-order valence-corrected chi connectivity index (χ1v) is 17.0. The smallest absolute Gasteiger partial charge is 0.290 e. The van der Waals surface area contributed by atoms with Crippen molar-refractivity contribution >= 4 is 37.5 Å². The predicted molar refractivity (Wildman–Crippen MR) is 150 cm³/mol. The number of nitrogens with zero attached hydrogens (tertiary/aromatic N) is 4. The van der Waals surface area contributed by atoms with Crippen LogP contribution >= 0.6 is 0 Å². The second-order valence-corrected chi connectivity index (χ2v) is 17.7. The van der Waals surface area contributed by atoms with Crippen LogP contribution in [0.2, 0.25) is 18.1 Å². The summed E-state index contributed by atoms with van der Waals surface area (Å²) in [6.45, 7) is 12.5. The summed E-state index contributed by atoms with van der Waals surface area (Å²) >= 11 is 0. The van der Waals surface area contributed by atoms with Crippen LogP contribution < -0.4 is 0 Å². The third kappa shape index (κ3) is 5.07. The maximum Gasteiger partial charge on any atom is 0.290 e. The molecule has 2 aromatic rings. The van der Waals surface area contributed by atoms with Crippen molar-refractivity contribution in [2.45, 2.75) is 95.5 Å². The number of amides is 2. The Morgan fingerprint density at radius 1 is 1.08 bits per heavy atom. The summed E-state index contributed by atoms with van der Waals surface area (Å²) in [5.41, 5.74) is 3.00. The zero-order valence-electron chi connectivity index (χ0n) is 23.7. The third-order valence-electron chi connectivity index (χ3n) is 9.30. The fourth-order valence-corrected chi connectivity index (χ4v) is 7.15. The van der Waals surface area contributed by atoms with E-state index in [9.17, 15) is 14.4 Å².